The molecule has 24 heavy (non-hydrogen) atoms. The van der Waals surface area contributed by atoms with Gasteiger partial charge in [-0.3, -0.25) is 4.79 Å². The van der Waals surface area contributed by atoms with Crippen LogP contribution in [0.3, 0.4) is 0 Å². The summed E-state index contributed by atoms with van der Waals surface area (Å²) in [6, 6.07) is 0.105. The largest absolute Gasteiger partial charge is 0.332 e. The lowest BCUT2D eigenvalue weighted by atomic mass is 10.2. The van der Waals surface area contributed by atoms with Crippen LogP contribution in [0.1, 0.15) is 61.2 Å². The van der Waals surface area contributed by atoms with E-state index in [1.54, 1.807) is 17.5 Å². The first-order valence-corrected chi connectivity index (χ1v) is 9.81. The molecular formula is C17H23N5OS. The highest BCUT2D eigenvalue weighted by molar-refractivity contribution is 7.09. The van der Waals surface area contributed by atoms with Crippen molar-refractivity contribution >= 4 is 17.2 Å². The first kappa shape index (κ1) is 15.7. The molecule has 0 radical (unpaired) electrons. The molecule has 0 spiro atoms. The molecule has 2 aliphatic rings. The van der Waals surface area contributed by atoms with Gasteiger partial charge in [0.1, 0.15) is 5.82 Å². The smallest absolute Gasteiger partial charge is 0.223 e. The topological polar surface area (TPSA) is 63.9 Å². The van der Waals surface area contributed by atoms with E-state index in [2.05, 4.69) is 19.7 Å². The number of likely N-dealkylation sites (tertiary alicyclic amines) is 1. The Morgan fingerprint density at radius 3 is 3.04 bits per heavy atom. The molecule has 1 amide bonds. The van der Waals surface area contributed by atoms with E-state index in [9.17, 15) is 4.79 Å². The predicted molar refractivity (Wildman–Crippen MR) is 91.7 cm³/mol. The molecule has 4 heterocycles. The average molecular weight is 345 g/mol. The second-order valence-corrected chi connectivity index (χ2v) is 7.59. The maximum atomic E-state index is 12.7. The van der Waals surface area contributed by atoms with Crippen molar-refractivity contribution in [2.75, 3.05) is 6.54 Å². The third-order valence-electron chi connectivity index (χ3n) is 5.05. The molecule has 1 fully saturated rings. The molecule has 0 aromatic carbocycles. The molecule has 1 atom stereocenters. The van der Waals surface area contributed by atoms with Gasteiger partial charge in [0, 0.05) is 43.9 Å². The fourth-order valence-corrected chi connectivity index (χ4v) is 4.44. The van der Waals surface area contributed by atoms with E-state index in [0.717, 1.165) is 55.4 Å². The minimum Gasteiger partial charge on any atom is -0.332 e. The number of fused-ring (bicyclic) bond motifs is 1. The van der Waals surface area contributed by atoms with Gasteiger partial charge in [0.2, 0.25) is 5.91 Å². The van der Waals surface area contributed by atoms with Crippen LogP contribution in [0.2, 0.25) is 0 Å². The molecule has 0 saturated carbocycles. The molecule has 0 unspecified atom stereocenters. The van der Waals surface area contributed by atoms with Crippen molar-refractivity contribution in [1.82, 2.24) is 24.6 Å². The highest BCUT2D eigenvalue weighted by atomic mass is 32.1. The fourth-order valence-electron chi connectivity index (χ4n) is 3.82. The van der Waals surface area contributed by atoms with Gasteiger partial charge >= 0.3 is 0 Å². The number of amides is 1. The van der Waals surface area contributed by atoms with Crippen molar-refractivity contribution in [3.05, 3.63) is 28.2 Å². The molecule has 4 rings (SSSR count). The van der Waals surface area contributed by atoms with Gasteiger partial charge in [-0.2, -0.15) is 0 Å². The maximum absolute atomic E-state index is 12.7. The first-order chi connectivity index (χ1) is 11.8. The van der Waals surface area contributed by atoms with Crippen molar-refractivity contribution in [3.63, 3.8) is 0 Å². The number of aryl methyl sites for hydroxylation is 2. The summed E-state index contributed by atoms with van der Waals surface area (Å²) < 4.78 is 2.28. The molecule has 2 aliphatic heterocycles. The van der Waals surface area contributed by atoms with Gasteiger partial charge in [0.15, 0.2) is 5.82 Å². The van der Waals surface area contributed by atoms with Crippen LogP contribution >= 0.6 is 11.3 Å². The molecule has 0 aliphatic carbocycles. The molecule has 2 aromatic rings. The van der Waals surface area contributed by atoms with Crippen LogP contribution in [-0.2, 0) is 24.2 Å². The zero-order chi connectivity index (χ0) is 16.4. The number of thiazole rings is 1. The highest BCUT2D eigenvalue weighted by Crippen LogP contribution is 2.33. The summed E-state index contributed by atoms with van der Waals surface area (Å²) in [7, 11) is 0. The third kappa shape index (κ3) is 3.09. The van der Waals surface area contributed by atoms with Gasteiger partial charge in [0.05, 0.1) is 11.0 Å². The molecule has 0 bridgehead atoms. The molecule has 1 saturated heterocycles. The zero-order valence-corrected chi connectivity index (χ0v) is 14.7. The van der Waals surface area contributed by atoms with E-state index in [1.165, 1.54) is 19.3 Å². The van der Waals surface area contributed by atoms with Gasteiger partial charge in [0.25, 0.3) is 0 Å². The normalized spacial score (nSPS) is 20.8. The average Bonchev–Trinajstić information content (AvgIpc) is 3.31. The molecular weight excluding hydrogens is 322 g/mol. The van der Waals surface area contributed by atoms with E-state index >= 15 is 0 Å². The second-order valence-electron chi connectivity index (χ2n) is 6.61. The van der Waals surface area contributed by atoms with Crippen LogP contribution in [0.15, 0.2) is 11.6 Å². The molecule has 128 valence electrons. The second kappa shape index (κ2) is 7.01. The number of rotatable bonds is 4. The monoisotopic (exact) mass is 345 g/mol. The number of aromatic nitrogens is 4. The predicted octanol–water partition coefficient (Wildman–Crippen LogP) is 2.76. The SMILES string of the molecule is O=C(CCc1nccs1)N1CCC[C@@H]1c1nnc2n1CCCCC2. The van der Waals surface area contributed by atoms with Crippen molar-refractivity contribution < 1.29 is 4.79 Å². The van der Waals surface area contributed by atoms with Crippen LogP contribution in [0.25, 0.3) is 0 Å². The van der Waals surface area contributed by atoms with Crippen molar-refractivity contribution in [1.29, 1.82) is 0 Å². The van der Waals surface area contributed by atoms with Gasteiger partial charge in [-0.1, -0.05) is 6.42 Å². The third-order valence-corrected chi connectivity index (χ3v) is 5.88. The van der Waals surface area contributed by atoms with Gasteiger partial charge in [-0.05, 0) is 25.7 Å². The standard InChI is InChI=1S/C17H23N5OS/c23-16(8-7-15-18-9-12-24-15)21-11-4-5-13(21)17-20-19-14-6-2-1-3-10-22(14)17/h9,12-13H,1-8,10-11H2/t13-/m1/s1. The Balaban J connectivity index is 1.48. The van der Waals surface area contributed by atoms with E-state index in [4.69, 9.17) is 0 Å². The fraction of sp³-hybridized carbons (Fsp3) is 0.647. The minimum absolute atomic E-state index is 0.105. The van der Waals surface area contributed by atoms with Crippen LogP contribution in [0, 0.1) is 0 Å². The Hall–Kier alpha value is -1.76. The van der Waals surface area contributed by atoms with E-state index in [0.29, 0.717) is 6.42 Å². The summed E-state index contributed by atoms with van der Waals surface area (Å²) in [4.78, 5) is 19.0. The number of carbonyl (C=O) groups excluding carboxylic acids is 1. The van der Waals surface area contributed by atoms with Crippen LogP contribution < -0.4 is 0 Å². The van der Waals surface area contributed by atoms with E-state index in [1.807, 2.05) is 10.3 Å². The lowest BCUT2D eigenvalue weighted by molar-refractivity contribution is -0.132. The van der Waals surface area contributed by atoms with Crippen molar-refractivity contribution in [2.24, 2.45) is 0 Å². The van der Waals surface area contributed by atoms with Gasteiger partial charge in [-0.15, -0.1) is 21.5 Å². The van der Waals surface area contributed by atoms with Crippen LogP contribution in [-0.4, -0.2) is 37.1 Å². The number of nitrogens with zero attached hydrogens (tertiary/aromatic N) is 5. The lowest BCUT2D eigenvalue weighted by Gasteiger charge is -2.24. The Morgan fingerprint density at radius 2 is 2.17 bits per heavy atom. The molecule has 6 nitrogen and oxygen atoms in total. The van der Waals surface area contributed by atoms with Crippen LogP contribution in [0.5, 0.6) is 0 Å². The Labute approximate surface area is 145 Å². The minimum atomic E-state index is 0.105. The lowest BCUT2D eigenvalue weighted by Crippen LogP contribution is -2.32. The Bertz CT molecular complexity index is 696. The summed E-state index contributed by atoms with van der Waals surface area (Å²) in [6.07, 6.45) is 9.76. The Morgan fingerprint density at radius 1 is 1.21 bits per heavy atom. The molecule has 2 aromatic heterocycles. The molecule has 0 N–H and O–H groups in total. The van der Waals surface area contributed by atoms with Crippen molar-refractivity contribution in [2.45, 2.75) is 64.0 Å². The number of hydrogen-bond donors (Lipinski definition) is 0. The zero-order valence-electron chi connectivity index (χ0n) is 13.9. The van der Waals surface area contributed by atoms with Crippen molar-refractivity contribution in [3.8, 4) is 0 Å². The summed E-state index contributed by atoms with van der Waals surface area (Å²) in [6.45, 7) is 1.83. The summed E-state index contributed by atoms with van der Waals surface area (Å²) in [5.74, 6) is 2.33. The first-order valence-electron chi connectivity index (χ1n) is 8.93. The van der Waals surface area contributed by atoms with Gasteiger partial charge in [-0.25, -0.2) is 4.98 Å². The summed E-state index contributed by atoms with van der Waals surface area (Å²) in [5.41, 5.74) is 0. The highest BCUT2D eigenvalue weighted by Gasteiger charge is 2.34. The van der Waals surface area contributed by atoms with Crippen LogP contribution in [0.4, 0.5) is 0 Å². The van der Waals surface area contributed by atoms with E-state index in [-0.39, 0.29) is 11.9 Å². The maximum Gasteiger partial charge on any atom is 0.223 e. The summed E-state index contributed by atoms with van der Waals surface area (Å²) >= 11 is 1.62. The van der Waals surface area contributed by atoms with E-state index < -0.39 is 0 Å². The Kier molecular flexibility index (Phi) is 4.60. The van der Waals surface area contributed by atoms with Gasteiger partial charge < -0.3 is 9.47 Å². The number of hydrogen-bond acceptors (Lipinski definition) is 5. The number of carbonyl (C=O) groups is 1. The molecule has 7 heteroatoms. The summed E-state index contributed by atoms with van der Waals surface area (Å²) in [5, 5.41) is 11.9. The quantitative estimate of drug-likeness (QED) is 0.855.